The molecule has 8 nitrogen and oxygen atoms in total. The van der Waals surface area contributed by atoms with Gasteiger partial charge in [0.05, 0.1) is 6.61 Å². The SMILES string of the molecule is C/C(Cl)=C/Cn1c(NCCO)nc2c1c(=O)n(C)c(=O)n2C. The quantitative estimate of drug-likeness (QED) is 0.805. The standard InChI is InChI=1S/C13H18ClN5O3/c1-8(14)4-6-19-9-10(16-12(19)15-5-7-20)17(2)13(22)18(3)11(9)21/h4,20H,5-7H2,1-3H3,(H,15,16)/b8-4-. The smallest absolute Gasteiger partial charge is 0.332 e. The van der Waals surface area contributed by atoms with Crippen molar-refractivity contribution in [3.8, 4) is 0 Å². The van der Waals surface area contributed by atoms with Gasteiger partial charge in [-0.25, -0.2) is 4.79 Å². The van der Waals surface area contributed by atoms with Crippen LogP contribution in [0.3, 0.4) is 0 Å². The maximum absolute atomic E-state index is 12.4. The highest BCUT2D eigenvalue weighted by atomic mass is 35.5. The lowest BCUT2D eigenvalue weighted by atomic mass is 10.4. The average Bonchev–Trinajstić information content (AvgIpc) is 2.85. The Labute approximate surface area is 131 Å². The molecule has 0 aliphatic carbocycles. The Morgan fingerprint density at radius 2 is 2.05 bits per heavy atom. The largest absolute Gasteiger partial charge is 0.395 e. The topological polar surface area (TPSA) is 94.1 Å². The molecule has 0 aliphatic rings. The van der Waals surface area contributed by atoms with E-state index < -0.39 is 11.2 Å². The Kier molecular flexibility index (Phi) is 4.72. The van der Waals surface area contributed by atoms with E-state index in [-0.39, 0.29) is 18.8 Å². The van der Waals surface area contributed by atoms with Crippen molar-refractivity contribution in [3.05, 3.63) is 31.9 Å². The summed E-state index contributed by atoms with van der Waals surface area (Å²) >= 11 is 5.86. The Hall–Kier alpha value is -2.06. The molecule has 0 fully saturated rings. The molecular formula is C13H18ClN5O3. The summed E-state index contributed by atoms with van der Waals surface area (Å²) in [4.78, 5) is 28.7. The van der Waals surface area contributed by atoms with Gasteiger partial charge >= 0.3 is 5.69 Å². The van der Waals surface area contributed by atoms with Crippen LogP contribution in [-0.2, 0) is 20.6 Å². The molecule has 0 atom stereocenters. The molecule has 2 rings (SSSR count). The first kappa shape index (κ1) is 16.3. The molecule has 0 unspecified atom stereocenters. The van der Waals surface area contributed by atoms with Gasteiger partial charge < -0.3 is 15.0 Å². The van der Waals surface area contributed by atoms with E-state index in [4.69, 9.17) is 16.7 Å². The molecule has 0 aliphatic heterocycles. The zero-order chi connectivity index (χ0) is 16.4. The van der Waals surface area contributed by atoms with E-state index in [0.717, 1.165) is 4.57 Å². The third-order valence-electron chi connectivity index (χ3n) is 3.30. The van der Waals surface area contributed by atoms with Gasteiger partial charge in [0.25, 0.3) is 5.56 Å². The maximum Gasteiger partial charge on any atom is 0.332 e. The summed E-state index contributed by atoms with van der Waals surface area (Å²) in [6, 6.07) is 0. The number of halogens is 1. The maximum atomic E-state index is 12.4. The van der Waals surface area contributed by atoms with E-state index in [9.17, 15) is 9.59 Å². The molecule has 0 saturated carbocycles. The Balaban J connectivity index is 2.78. The van der Waals surface area contributed by atoms with E-state index in [2.05, 4.69) is 10.3 Å². The molecule has 0 aromatic carbocycles. The lowest BCUT2D eigenvalue weighted by Gasteiger charge is -2.08. The summed E-state index contributed by atoms with van der Waals surface area (Å²) in [7, 11) is 2.98. The summed E-state index contributed by atoms with van der Waals surface area (Å²) in [5.74, 6) is 0.400. The van der Waals surface area contributed by atoms with Gasteiger partial charge in [-0.1, -0.05) is 17.7 Å². The molecule has 0 radical (unpaired) electrons. The number of aliphatic hydroxyl groups excluding tert-OH is 1. The third kappa shape index (κ3) is 2.79. The molecule has 0 spiro atoms. The summed E-state index contributed by atoms with van der Waals surface area (Å²) in [6.45, 7) is 2.26. The Morgan fingerprint density at radius 3 is 2.64 bits per heavy atom. The van der Waals surface area contributed by atoms with E-state index in [0.29, 0.717) is 23.0 Å². The van der Waals surface area contributed by atoms with Crippen LogP contribution in [0, 0.1) is 0 Å². The van der Waals surface area contributed by atoms with Crippen molar-refractivity contribution in [2.45, 2.75) is 13.5 Å². The minimum absolute atomic E-state index is 0.0789. The number of imidazole rings is 1. The number of nitrogens with one attached hydrogen (secondary N) is 1. The average molecular weight is 328 g/mol. The zero-order valence-electron chi connectivity index (χ0n) is 12.6. The molecular weight excluding hydrogens is 310 g/mol. The van der Waals surface area contributed by atoms with Gasteiger partial charge in [-0.3, -0.25) is 13.9 Å². The van der Waals surface area contributed by atoms with Crippen molar-refractivity contribution in [3.63, 3.8) is 0 Å². The number of hydrogen-bond acceptors (Lipinski definition) is 5. The first-order valence-electron chi connectivity index (χ1n) is 6.71. The molecule has 2 N–H and O–H groups in total. The lowest BCUT2D eigenvalue weighted by Crippen LogP contribution is -2.37. The van der Waals surface area contributed by atoms with Crippen LogP contribution in [0.25, 0.3) is 11.2 Å². The van der Waals surface area contributed by atoms with Crippen LogP contribution >= 0.6 is 11.6 Å². The van der Waals surface area contributed by atoms with Crippen LogP contribution in [0.15, 0.2) is 20.7 Å². The van der Waals surface area contributed by atoms with Crippen molar-refractivity contribution >= 4 is 28.7 Å². The minimum Gasteiger partial charge on any atom is -0.395 e. The highest BCUT2D eigenvalue weighted by Gasteiger charge is 2.18. The first-order chi connectivity index (χ1) is 10.4. The van der Waals surface area contributed by atoms with Crippen molar-refractivity contribution in [2.75, 3.05) is 18.5 Å². The number of anilines is 1. The second-order valence-corrected chi connectivity index (χ2v) is 5.46. The van der Waals surface area contributed by atoms with Crippen molar-refractivity contribution in [1.82, 2.24) is 18.7 Å². The molecule has 120 valence electrons. The predicted molar refractivity (Wildman–Crippen MR) is 85.4 cm³/mol. The number of fused-ring (bicyclic) bond motifs is 1. The van der Waals surface area contributed by atoms with Crippen LogP contribution in [0.2, 0.25) is 0 Å². The fourth-order valence-electron chi connectivity index (χ4n) is 2.14. The normalized spacial score (nSPS) is 12.1. The summed E-state index contributed by atoms with van der Waals surface area (Å²) in [6.07, 6.45) is 1.73. The number of aliphatic hydroxyl groups is 1. The molecule has 0 bridgehead atoms. The van der Waals surface area contributed by atoms with Gasteiger partial charge in [0.1, 0.15) is 0 Å². The van der Waals surface area contributed by atoms with E-state index in [1.165, 1.54) is 11.6 Å². The summed E-state index contributed by atoms with van der Waals surface area (Å²) in [5, 5.41) is 12.5. The fourth-order valence-corrected chi connectivity index (χ4v) is 2.21. The van der Waals surface area contributed by atoms with Gasteiger partial charge in [0.2, 0.25) is 5.95 Å². The molecule has 0 saturated heterocycles. The van der Waals surface area contributed by atoms with E-state index >= 15 is 0 Å². The summed E-state index contributed by atoms with van der Waals surface area (Å²) < 4.78 is 3.99. The molecule has 2 aromatic rings. The van der Waals surface area contributed by atoms with Gasteiger partial charge in [-0.15, -0.1) is 0 Å². The summed E-state index contributed by atoms with van der Waals surface area (Å²) in [5.41, 5.74) is -0.281. The second kappa shape index (κ2) is 6.37. The number of aryl methyl sites for hydroxylation is 1. The van der Waals surface area contributed by atoms with Gasteiger partial charge in [-0.05, 0) is 6.92 Å². The lowest BCUT2D eigenvalue weighted by molar-refractivity contribution is 0.310. The van der Waals surface area contributed by atoms with Crippen LogP contribution in [0.1, 0.15) is 6.92 Å². The van der Waals surface area contributed by atoms with E-state index in [1.807, 2.05) is 0 Å². The first-order valence-corrected chi connectivity index (χ1v) is 7.09. The second-order valence-electron chi connectivity index (χ2n) is 4.87. The molecule has 2 heterocycles. The highest BCUT2D eigenvalue weighted by molar-refractivity contribution is 6.29. The van der Waals surface area contributed by atoms with Gasteiger partial charge in [0, 0.05) is 32.2 Å². The molecule has 2 aromatic heterocycles. The minimum atomic E-state index is -0.445. The number of allylic oxidation sites excluding steroid dienone is 2. The monoisotopic (exact) mass is 327 g/mol. The Bertz CT molecular complexity index is 842. The number of rotatable bonds is 5. The molecule has 0 amide bonds. The van der Waals surface area contributed by atoms with Gasteiger partial charge in [0.15, 0.2) is 11.2 Å². The third-order valence-corrected chi connectivity index (χ3v) is 3.45. The number of nitrogens with zero attached hydrogens (tertiary/aromatic N) is 4. The van der Waals surface area contributed by atoms with Crippen LogP contribution in [0.5, 0.6) is 0 Å². The van der Waals surface area contributed by atoms with Crippen molar-refractivity contribution < 1.29 is 5.11 Å². The van der Waals surface area contributed by atoms with Crippen LogP contribution < -0.4 is 16.6 Å². The molecule has 9 heteroatoms. The van der Waals surface area contributed by atoms with Crippen LogP contribution in [0.4, 0.5) is 5.95 Å². The van der Waals surface area contributed by atoms with Crippen molar-refractivity contribution in [1.29, 1.82) is 0 Å². The highest BCUT2D eigenvalue weighted by Crippen LogP contribution is 2.16. The van der Waals surface area contributed by atoms with E-state index in [1.54, 1.807) is 24.6 Å². The predicted octanol–water partition coefficient (Wildman–Crippen LogP) is -0.0195. The fraction of sp³-hybridized carbons (Fsp3) is 0.462. The number of hydrogen-bond donors (Lipinski definition) is 2. The van der Waals surface area contributed by atoms with Gasteiger partial charge in [-0.2, -0.15) is 4.98 Å². The number of aromatic nitrogens is 4. The molecule has 22 heavy (non-hydrogen) atoms. The Morgan fingerprint density at radius 1 is 1.36 bits per heavy atom. The van der Waals surface area contributed by atoms with Crippen molar-refractivity contribution in [2.24, 2.45) is 14.1 Å². The zero-order valence-corrected chi connectivity index (χ0v) is 13.4. The van der Waals surface area contributed by atoms with Crippen LogP contribution in [-0.4, -0.2) is 36.9 Å².